The summed E-state index contributed by atoms with van der Waals surface area (Å²) in [5, 5.41) is 8.33. The van der Waals surface area contributed by atoms with Gasteiger partial charge in [0.1, 0.15) is 0 Å². The van der Waals surface area contributed by atoms with Gasteiger partial charge in [-0.1, -0.05) is 36.8 Å². The average Bonchev–Trinajstić information content (AvgIpc) is 2.38. The lowest BCUT2D eigenvalue weighted by atomic mass is 9.96. The molecule has 0 bridgehead atoms. The van der Waals surface area contributed by atoms with Gasteiger partial charge in [0, 0.05) is 0 Å². The van der Waals surface area contributed by atoms with Crippen molar-refractivity contribution in [1.82, 2.24) is 10.2 Å². The minimum Gasteiger partial charge on any atom is -0.320 e. The molecule has 0 radical (unpaired) electrons. The first-order chi connectivity index (χ1) is 8.61. The highest BCUT2D eigenvalue weighted by Gasteiger charge is 2.14. The number of nitrogens with zero attached hydrogens (tertiary/aromatic N) is 2. The monoisotopic (exact) mass is 241 g/mol. The first-order valence-electron chi connectivity index (χ1n) is 6.27. The number of benzene rings is 1. The SMILES string of the molecule is CCc1nnc(C)cc1C(N)c1cccc(C)c1. The van der Waals surface area contributed by atoms with Gasteiger partial charge in [-0.15, -0.1) is 0 Å². The summed E-state index contributed by atoms with van der Waals surface area (Å²) < 4.78 is 0. The van der Waals surface area contributed by atoms with E-state index in [1.165, 1.54) is 5.56 Å². The highest BCUT2D eigenvalue weighted by atomic mass is 15.1. The van der Waals surface area contributed by atoms with Crippen molar-refractivity contribution in [2.24, 2.45) is 5.73 Å². The summed E-state index contributed by atoms with van der Waals surface area (Å²) in [6.45, 7) is 6.09. The number of hydrogen-bond acceptors (Lipinski definition) is 3. The van der Waals surface area contributed by atoms with Gasteiger partial charge in [-0.25, -0.2) is 0 Å². The summed E-state index contributed by atoms with van der Waals surface area (Å²) in [6, 6.07) is 10.2. The van der Waals surface area contributed by atoms with Gasteiger partial charge in [0.15, 0.2) is 0 Å². The normalized spacial score (nSPS) is 12.4. The highest BCUT2D eigenvalue weighted by molar-refractivity contribution is 5.35. The predicted molar refractivity (Wildman–Crippen MR) is 73.4 cm³/mol. The second-order valence-corrected chi connectivity index (χ2v) is 4.63. The molecule has 2 rings (SSSR count). The van der Waals surface area contributed by atoms with Crippen molar-refractivity contribution in [2.75, 3.05) is 0 Å². The average molecular weight is 241 g/mol. The molecule has 1 aromatic heterocycles. The molecule has 0 aliphatic heterocycles. The number of aromatic nitrogens is 2. The van der Waals surface area contributed by atoms with Crippen LogP contribution in [0.5, 0.6) is 0 Å². The Hall–Kier alpha value is -1.74. The van der Waals surface area contributed by atoms with Crippen LogP contribution in [0.15, 0.2) is 30.3 Å². The van der Waals surface area contributed by atoms with Crippen molar-refractivity contribution < 1.29 is 0 Å². The summed E-state index contributed by atoms with van der Waals surface area (Å²) in [7, 11) is 0. The molecule has 1 atom stereocenters. The topological polar surface area (TPSA) is 51.8 Å². The number of nitrogens with two attached hydrogens (primary N) is 1. The molecule has 0 saturated heterocycles. The molecule has 2 N–H and O–H groups in total. The van der Waals surface area contributed by atoms with Gasteiger partial charge in [0.25, 0.3) is 0 Å². The van der Waals surface area contributed by atoms with Crippen LogP contribution in [0.4, 0.5) is 0 Å². The van der Waals surface area contributed by atoms with Gasteiger partial charge in [0.05, 0.1) is 17.4 Å². The van der Waals surface area contributed by atoms with Gasteiger partial charge < -0.3 is 5.73 Å². The van der Waals surface area contributed by atoms with Crippen molar-refractivity contribution in [3.63, 3.8) is 0 Å². The van der Waals surface area contributed by atoms with E-state index >= 15 is 0 Å². The van der Waals surface area contributed by atoms with Crippen LogP contribution in [-0.4, -0.2) is 10.2 Å². The maximum atomic E-state index is 6.36. The first-order valence-corrected chi connectivity index (χ1v) is 6.27. The van der Waals surface area contributed by atoms with E-state index in [9.17, 15) is 0 Å². The molecule has 0 aliphatic carbocycles. The van der Waals surface area contributed by atoms with Crippen molar-refractivity contribution in [3.05, 3.63) is 58.4 Å². The fourth-order valence-electron chi connectivity index (χ4n) is 2.12. The third-order valence-electron chi connectivity index (χ3n) is 3.10. The lowest BCUT2D eigenvalue weighted by Crippen LogP contribution is -2.16. The lowest BCUT2D eigenvalue weighted by molar-refractivity contribution is 0.789. The molecule has 0 aliphatic rings. The van der Waals surface area contributed by atoms with E-state index in [0.29, 0.717) is 0 Å². The predicted octanol–water partition coefficient (Wildman–Crippen LogP) is 2.70. The summed E-state index contributed by atoms with van der Waals surface area (Å²) in [5.74, 6) is 0. The molecule has 2 aromatic rings. The first kappa shape index (κ1) is 12.7. The summed E-state index contributed by atoms with van der Waals surface area (Å²) in [5.41, 5.74) is 11.7. The van der Waals surface area contributed by atoms with E-state index in [1.54, 1.807) is 0 Å². The third kappa shape index (κ3) is 2.57. The van der Waals surface area contributed by atoms with Crippen LogP contribution in [0, 0.1) is 13.8 Å². The minimum atomic E-state index is -0.131. The van der Waals surface area contributed by atoms with Gasteiger partial charge in [-0.2, -0.15) is 10.2 Å². The van der Waals surface area contributed by atoms with E-state index in [2.05, 4.69) is 42.2 Å². The van der Waals surface area contributed by atoms with Gasteiger partial charge in [0.2, 0.25) is 0 Å². The van der Waals surface area contributed by atoms with Crippen LogP contribution in [-0.2, 0) is 6.42 Å². The highest BCUT2D eigenvalue weighted by Crippen LogP contribution is 2.23. The minimum absolute atomic E-state index is 0.131. The van der Waals surface area contributed by atoms with Crippen LogP contribution in [0.2, 0.25) is 0 Å². The molecular formula is C15H19N3. The van der Waals surface area contributed by atoms with Crippen LogP contribution in [0.25, 0.3) is 0 Å². The van der Waals surface area contributed by atoms with Crippen molar-refractivity contribution in [2.45, 2.75) is 33.2 Å². The molecule has 1 heterocycles. The van der Waals surface area contributed by atoms with E-state index in [4.69, 9.17) is 5.73 Å². The van der Waals surface area contributed by atoms with Crippen molar-refractivity contribution >= 4 is 0 Å². The van der Waals surface area contributed by atoms with Gasteiger partial charge >= 0.3 is 0 Å². The van der Waals surface area contributed by atoms with Crippen LogP contribution in [0.1, 0.15) is 41.0 Å². The van der Waals surface area contributed by atoms with E-state index in [0.717, 1.165) is 28.9 Å². The maximum Gasteiger partial charge on any atom is 0.0679 e. The van der Waals surface area contributed by atoms with Crippen LogP contribution < -0.4 is 5.73 Å². The fraction of sp³-hybridized carbons (Fsp3) is 0.333. The lowest BCUT2D eigenvalue weighted by Gasteiger charge is -2.16. The molecule has 3 nitrogen and oxygen atoms in total. The molecule has 0 amide bonds. The standard InChI is InChI=1S/C15H19N3/c1-4-14-13(9-11(3)17-18-14)15(16)12-7-5-6-10(2)8-12/h5-9,15H,4,16H2,1-3H3. The molecule has 3 heteroatoms. The third-order valence-corrected chi connectivity index (χ3v) is 3.10. The second kappa shape index (κ2) is 5.27. The Bertz CT molecular complexity index is 549. The smallest absolute Gasteiger partial charge is 0.0679 e. The van der Waals surface area contributed by atoms with E-state index in [-0.39, 0.29) is 6.04 Å². The zero-order chi connectivity index (χ0) is 13.1. The Morgan fingerprint density at radius 3 is 2.61 bits per heavy atom. The number of rotatable bonds is 3. The molecule has 1 unspecified atom stereocenters. The maximum absolute atomic E-state index is 6.36. The van der Waals surface area contributed by atoms with E-state index in [1.807, 2.05) is 19.1 Å². The summed E-state index contributed by atoms with van der Waals surface area (Å²) in [4.78, 5) is 0. The fourth-order valence-corrected chi connectivity index (χ4v) is 2.12. The molecule has 18 heavy (non-hydrogen) atoms. The Kier molecular flexibility index (Phi) is 3.72. The molecular weight excluding hydrogens is 222 g/mol. The van der Waals surface area contributed by atoms with Gasteiger partial charge in [-0.05, 0) is 37.5 Å². The van der Waals surface area contributed by atoms with Crippen LogP contribution in [0.3, 0.4) is 0 Å². The number of hydrogen-bond donors (Lipinski definition) is 1. The van der Waals surface area contributed by atoms with Crippen molar-refractivity contribution in [3.8, 4) is 0 Å². The second-order valence-electron chi connectivity index (χ2n) is 4.63. The zero-order valence-electron chi connectivity index (χ0n) is 11.1. The summed E-state index contributed by atoms with van der Waals surface area (Å²) in [6.07, 6.45) is 0.849. The zero-order valence-corrected chi connectivity index (χ0v) is 11.1. The van der Waals surface area contributed by atoms with Crippen molar-refractivity contribution in [1.29, 1.82) is 0 Å². The Morgan fingerprint density at radius 1 is 1.17 bits per heavy atom. The number of aryl methyl sites for hydroxylation is 3. The van der Waals surface area contributed by atoms with Crippen LogP contribution >= 0.6 is 0 Å². The summed E-state index contributed by atoms with van der Waals surface area (Å²) >= 11 is 0. The molecule has 1 aromatic carbocycles. The Labute approximate surface area is 108 Å². The molecule has 0 saturated carbocycles. The molecule has 94 valence electrons. The van der Waals surface area contributed by atoms with Gasteiger partial charge in [-0.3, -0.25) is 0 Å². The Morgan fingerprint density at radius 2 is 1.94 bits per heavy atom. The quantitative estimate of drug-likeness (QED) is 0.899. The molecule has 0 spiro atoms. The molecule has 0 fully saturated rings. The van der Waals surface area contributed by atoms with E-state index < -0.39 is 0 Å². The largest absolute Gasteiger partial charge is 0.320 e. The Balaban J connectivity index is 2.44.